The molecule has 0 unspecified atom stereocenters. The van der Waals surface area contributed by atoms with Crippen LogP contribution in [0.2, 0.25) is 0 Å². The normalized spacial score (nSPS) is 31.0. The van der Waals surface area contributed by atoms with Crippen molar-refractivity contribution in [3.05, 3.63) is 0 Å². The molecule has 0 saturated carbocycles. The number of amides is 1. The fourth-order valence-electron chi connectivity index (χ4n) is 2.11. The lowest BCUT2D eigenvalue weighted by Crippen LogP contribution is -2.56. The van der Waals surface area contributed by atoms with E-state index in [2.05, 4.69) is 0 Å². The van der Waals surface area contributed by atoms with Gasteiger partial charge in [-0.2, -0.15) is 0 Å². The van der Waals surface area contributed by atoms with Crippen LogP contribution >= 0.6 is 0 Å². The van der Waals surface area contributed by atoms with E-state index < -0.39 is 0 Å². The molecular weight excluding hydrogens is 180 g/mol. The topological polar surface area (TPSA) is 55.6 Å². The second-order valence-corrected chi connectivity index (χ2v) is 4.71. The summed E-state index contributed by atoms with van der Waals surface area (Å²) < 4.78 is 5.10. The summed E-state index contributed by atoms with van der Waals surface area (Å²) in [7, 11) is 0. The summed E-state index contributed by atoms with van der Waals surface area (Å²) in [4.78, 5) is 13.9. The predicted molar refractivity (Wildman–Crippen MR) is 52.7 cm³/mol. The Hall–Kier alpha value is -0.610. The number of hydrogen-bond donors (Lipinski definition) is 1. The number of likely N-dealkylation sites (tertiary alicyclic amines) is 1. The molecule has 14 heavy (non-hydrogen) atoms. The molecule has 0 aliphatic carbocycles. The Balaban J connectivity index is 1.96. The third-order valence-electron chi connectivity index (χ3n) is 3.10. The summed E-state index contributed by atoms with van der Waals surface area (Å²) in [5.41, 5.74) is 5.57. The first-order valence-corrected chi connectivity index (χ1v) is 5.24. The van der Waals surface area contributed by atoms with Gasteiger partial charge in [-0.3, -0.25) is 4.79 Å². The molecule has 0 bridgehead atoms. The Morgan fingerprint density at radius 3 is 2.79 bits per heavy atom. The zero-order valence-electron chi connectivity index (χ0n) is 8.66. The van der Waals surface area contributed by atoms with Crippen LogP contribution in [0.25, 0.3) is 0 Å². The lowest BCUT2D eigenvalue weighted by molar-refractivity contribution is -0.169. The predicted octanol–water partition coefficient (Wildman–Crippen LogP) is -0.0274. The zero-order valence-corrected chi connectivity index (χ0v) is 8.66. The van der Waals surface area contributed by atoms with Gasteiger partial charge in [0.25, 0.3) is 0 Å². The molecule has 2 saturated heterocycles. The fourth-order valence-corrected chi connectivity index (χ4v) is 2.11. The van der Waals surface area contributed by atoms with Gasteiger partial charge in [-0.1, -0.05) is 0 Å². The van der Waals surface area contributed by atoms with Crippen molar-refractivity contribution in [2.24, 2.45) is 11.1 Å². The number of piperidine rings is 1. The molecule has 1 atom stereocenters. The molecule has 0 aromatic rings. The van der Waals surface area contributed by atoms with Crippen LogP contribution in [0.1, 0.15) is 19.8 Å². The van der Waals surface area contributed by atoms with Crippen molar-refractivity contribution in [1.82, 2.24) is 4.90 Å². The lowest BCUT2D eigenvalue weighted by atomic mass is 9.86. The summed E-state index contributed by atoms with van der Waals surface area (Å²) in [6.07, 6.45) is 2.07. The number of nitrogens with zero attached hydrogens (tertiary/aromatic N) is 1. The van der Waals surface area contributed by atoms with E-state index in [1.807, 2.05) is 11.8 Å². The first-order chi connectivity index (χ1) is 6.62. The van der Waals surface area contributed by atoms with E-state index in [1.165, 1.54) is 0 Å². The molecule has 2 aliphatic rings. The van der Waals surface area contributed by atoms with E-state index >= 15 is 0 Å². The van der Waals surface area contributed by atoms with Gasteiger partial charge in [0.1, 0.15) is 0 Å². The summed E-state index contributed by atoms with van der Waals surface area (Å²) in [5, 5.41) is 0. The molecule has 2 fully saturated rings. The maximum absolute atomic E-state index is 12.0. The Morgan fingerprint density at radius 2 is 2.29 bits per heavy atom. The van der Waals surface area contributed by atoms with Crippen molar-refractivity contribution in [1.29, 1.82) is 0 Å². The minimum absolute atomic E-state index is 0.164. The van der Waals surface area contributed by atoms with Gasteiger partial charge in [-0.05, 0) is 19.8 Å². The Bertz CT molecular complexity index is 238. The van der Waals surface area contributed by atoms with E-state index in [4.69, 9.17) is 10.5 Å². The maximum atomic E-state index is 12.0. The molecule has 2 aliphatic heterocycles. The van der Waals surface area contributed by atoms with E-state index in [9.17, 15) is 4.79 Å². The van der Waals surface area contributed by atoms with Crippen molar-refractivity contribution in [3.8, 4) is 0 Å². The standard InChI is InChI=1S/C10H18N2O2/c1-10(6-14-7-10)9(13)12-4-2-3-8(11)5-12/h8H,2-7,11H2,1H3/t8-/m1/s1. The van der Waals surface area contributed by atoms with Crippen molar-refractivity contribution in [2.75, 3.05) is 26.3 Å². The van der Waals surface area contributed by atoms with Gasteiger partial charge in [0.15, 0.2) is 0 Å². The Kier molecular flexibility index (Phi) is 2.49. The molecule has 4 nitrogen and oxygen atoms in total. The number of carbonyl (C=O) groups is 1. The molecule has 0 spiro atoms. The molecule has 4 heteroatoms. The van der Waals surface area contributed by atoms with E-state index in [0.29, 0.717) is 19.8 Å². The lowest BCUT2D eigenvalue weighted by Gasteiger charge is -2.42. The smallest absolute Gasteiger partial charge is 0.233 e. The highest BCUT2D eigenvalue weighted by molar-refractivity contribution is 5.83. The van der Waals surface area contributed by atoms with Crippen molar-refractivity contribution in [3.63, 3.8) is 0 Å². The van der Waals surface area contributed by atoms with Gasteiger partial charge in [0.05, 0.1) is 18.6 Å². The first kappa shape index (κ1) is 9.93. The van der Waals surface area contributed by atoms with Gasteiger partial charge < -0.3 is 15.4 Å². The number of ether oxygens (including phenoxy) is 1. The average Bonchev–Trinajstić information content (AvgIpc) is 2.13. The molecule has 1 amide bonds. The molecular formula is C10H18N2O2. The minimum atomic E-state index is -0.267. The SMILES string of the molecule is CC1(C(=O)N2CCC[C@@H](N)C2)COC1. The maximum Gasteiger partial charge on any atom is 0.233 e. The molecule has 80 valence electrons. The van der Waals surface area contributed by atoms with Crippen LogP contribution in [0, 0.1) is 5.41 Å². The molecule has 0 radical (unpaired) electrons. The van der Waals surface area contributed by atoms with Crippen LogP contribution < -0.4 is 5.73 Å². The highest BCUT2D eigenvalue weighted by Gasteiger charge is 2.44. The highest BCUT2D eigenvalue weighted by atomic mass is 16.5. The third kappa shape index (κ3) is 1.64. The number of carbonyl (C=O) groups excluding carboxylic acids is 1. The van der Waals surface area contributed by atoms with Crippen LogP contribution in [-0.2, 0) is 9.53 Å². The average molecular weight is 198 g/mol. The summed E-state index contributed by atoms with van der Waals surface area (Å²) in [6, 6.07) is 0.164. The van der Waals surface area contributed by atoms with Gasteiger partial charge in [0.2, 0.25) is 5.91 Å². The largest absolute Gasteiger partial charge is 0.379 e. The molecule has 2 heterocycles. The second-order valence-electron chi connectivity index (χ2n) is 4.71. The molecule has 0 aromatic heterocycles. The summed E-state index contributed by atoms with van der Waals surface area (Å²) in [5.74, 6) is 0.221. The number of rotatable bonds is 1. The van der Waals surface area contributed by atoms with E-state index in [0.717, 1.165) is 19.4 Å². The van der Waals surface area contributed by atoms with E-state index in [1.54, 1.807) is 0 Å². The Labute approximate surface area is 84.4 Å². The van der Waals surface area contributed by atoms with Gasteiger partial charge in [-0.25, -0.2) is 0 Å². The minimum Gasteiger partial charge on any atom is -0.379 e. The quantitative estimate of drug-likeness (QED) is 0.644. The van der Waals surface area contributed by atoms with Gasteiger partial charge in [-0.15, -0.1) is 0 Å². The van der Waals surface area contributed by atoms with Crippen LogP contribution in [0.3, 0.4) is 0 Å². The number of nitrogens with two attached hydrogens (primary N) is 1. The number of hydrogen-bond acceptors (Lipinski definition) is 3. The van der Waals surface area contributed by atoms with Crippen LogP contribution in [0.5, 0.6) is 0 Å². The van der Waals surface area contributed by atoms with Gasteiger partial charge in [0, 0.05) is 19.1 Å². The second kappa shape index (κ2) is 3.51. The Morgan fingerprint density at radius 1 is 1.57 bits per heavy atom. The van der Waals surface area contributed by atoms with Gasteiger partial charge >= 0.3 is 0 Å². The van der Waals surface area contributed by atoms with Crippen molar-refractivity contribution >= 4 is 5.91 Å². The van der Waals surface area contributed by atoms with E-state index in [-0.39, 0.29) is 17.4 Å². The van der Waals surface area contributed by atoms with Crippen molar-refractivity contribution in [2.45, 2.75) is 25.8 Å². The summed E-state index contributed by atoms with van der Waals surface area (Å²) >= 11 is 0. The van der Waals surface area contributed by atoms with Crippen molar-refractivity contribution < 1.29 is 9.53 Å². The molecule has 2 N–H and O–H groups in total. The van der Waals surface area contributed by atoms with Crippen LogP contribution in [0.4, 0.5) is 0 Å². The molecule has 2 rings (SSSR count). The third-order valence-corrected chi connectivity index (χ3v) is 3.10. The van der Waals surface area contributed by atoms with Crippen LogP contribution in [0.15, 0.2) is 0 Å². The van der Waals surface area contributed by atoms with Crippen LogP contribution in [-0.4, -0.2) is 43.2 Å². The highest BCUT2D eigenvalue weighted by Crippen LogP contribution is 2.29. The molecule has 0 aromatic carbocycles. The first-order valence-electron chi connectivity index (χ1n) is 5.24. The summed E-state index contributed by atoms with van der Waals surface area (Å²) in [6.45, 7) is 4.69. The fraction of sp³-hybridized carbons (Fsp3) is 0.900. The zero-order chi connectivity index (χ0) is 10.2. The monoisotopic (exact) mass is 198 g/mol.